The molecule has 2 atom stereocenters. The minimum atomic E-state index is -0.647. The predicted octanol–water partition coefficient (Wildman–Crippen LogP) is 8.07. The van der Waals surface area contributed by atoms with Gasteiger partial charge in [0.2, 0.25) is 5.91 Å². The van der Waals surface area contributed by atoms with Crippen LogP contribution in [0.5, 0.6) is 5.75 Å². The zero-order chi connectivity index (χ0) is 35.4. The van der Waals surface area contributed by atoms with Gasteiger partial charge in [0.25, 0.3) is 0 Å². The van der Waals surface area contributed by atoms with Gasteiger partial charge >= 0.3 is 6.09 Å². The summed E-state index contributed by atoms with van der Waals surface area (Å²) in [4.78, 5) is 29.0. The molecule has 49 heavy (non-hydrogen) atoms. The second kappa shape index (κ2) is 17.3. The highest BCUT2D eigenvalue weighted by molar-refractivity contribution is 5.78. The largest absolute Gasteiger partial charge is 0.497 e. The van der Waals surface area contributed by atoms with Crippen LogP contribution in [0.1, 0.15) is 107 Å². The van der Waals surface area contributed by atoms with Crippen molar-refractivity contribution in [1.29, 1.82) is 5.26 Å². The number of piperidine rings is 1. The lowest BCUT2D eigenvalue weighted by atomic mass is 9.64. The van der Waals surface area contributed by atoms with Gasteiger partial charge in [-0.05, 0) is 118 Å². The molecule has 2 amide bonds. The number of carbonyl (C=O) groups excluding carboxylic acids is 2. The molecular weight excluding hydrogens is 612 g/mol. The van der Waals surface area contributed by atoms with E-state index in [1.807, 2.05) is 69.3 Å². The van der Waals surface area contributed by atoms with Crippen LogP contribution in [0.4, 0.5) is 4.79 Å². The first-order valence-corrected chi connectivity index (χ1v) is 17.7. The number of nitrogens with zero attached hydrogens (tertiary/aromatic N) is 2. The number of rotatable bonds is 9. The molecule has 2 aliphatic rings. The molecule has 1 aliphatic heterocycles. The highest BCUT2D eigenvalue weighted by Crippen LogP contribution is 2.48. The number of fused-ring (bicyclic) bond motifs is 1. The molecule has 1 heterocycles. The molecule has 0 bridgehead atoms. The topological polar surface area (TPSA) is 104 Å². The highest BCUT2D eigenvalue weighted by Gasteiger charge is 2.42. The lowest BCUT2D eigenvalue weighted by Crippen LogP contribution is -2.46. The summed E-state index contributed by atoms with van der Waals surface area (Å²) in [5.41, 5.74) is 4.60. The average molecular weight is 667 g/mol. The monoisotopic (exact) mass is 666 g/mol. The number of carbonyl (C=O) groups is 2. The Labute approximate surface area is 293 Å². The number of nitrogens with one attached hydrogen (secondary N) is 2. The van der Waals surface area contributed by atoms with Crippen molar-refractivity contribution in [3.05, 3.63) is 101 Å². The molecule has 1 spiro atoms. The van der Waals surface area contributed by atoms with Gasteiger partial charge in [-0.2, -0.15) is 5.26 Å². The summed E-state index contributed by atoms with van der Waals surface area (Å²) < 4.78 is 11.1. The summed E-state index contributed by atoms with van der Waals surface area (Å²) in [6.45, 7) is 12.7. The Balaban J connectivity index is 0.00000174. The molecule has 1 aliphatic carbocycles. The number of likely N-dealkylation sites (tertiary alicyclic amines) is 1. The maximum absolute atomic E-state index is 13.7. The number of amides is 2. The molecule has 2 N–H and O–H groups in total. The molecule has 1 unspecified atom stereocenters. The van der Waals surface area contributed by atoms with E-state index in [1.54, 1.807) is 7.11 Å². The third-order valence-corrected chi connectivity index (χ3v) is 9.27. The average Bonchev–Trinajstić information content (AvgIpc) is 3.08. The van der Waals surface area contributed by atoms with Gasteiger partial charge in [0.1, 0.15) is 11.4 Å². The smallest absolute Gasteiger partial charge is 0.408 e. The summed E-state index contributed by atoms with van der Waals surface area (Å²) in [5.74, 6) is 0.654. The minimum absolute atomic E-state index is 0.0924. The molecular formula is C41H54N4O4. The second-order valence-electron chi connectivity index (χ2n) is 14.5. The van der Waals surface area contributed by atoms with E-state index in [-0.39, 0.29) is 23.8 Å². The van der Waals surface area contributed by atoms with Gasteiger partial charge in [-0.1, -0.05) is 68.8 Å². The number of hydrogen-bond donors (Lipinski definition) is 2. The number of methoxy groups -OCH3 is 1. The summed E-state index contributed by atoms with van der Waals surface area (Å²) in [7, 11) is 1.67. The molecule has 8 nitrogen and oxygen atoms in total. The van der Waals surface area contributed by atoms with Crippen molar-refractivity contribution in [2.75, 3.05) is 26.7 Å². The third-order valence-electron chi connectivity index (χ3n) is 9.27. The molecule has 1 fully saturated rings. The van der Waals surface area contributed by atoms with Crippen molar-refractivity contribution in [2.45, 2.75) is 97.2 Å². The first kappa shape index (κ1) is 37.5. The Morgan fingerprint density at radius 1 is 1.02 bits per heavy atom. The van der Waals surface area contributed by atoms with Crippen molar-refractivity contribution in [3.8, 4) is 11.8 Å². The van der Waals surface area contributed by atoms with Gasteiger partial charge in [0.15, 0.2) is 0 Å². The zero-order valence-corrected chi connectivity index (χ0v) is 30.2. The third kappa shape index (κ3) is 11.1. The van der Waals surface area contributed by atoms with Gasteiger partial charge in [0.05, 0.1) is 37.2 Å². The van der Waals surface area contributed by atoms with Crippen LogP contribution in [0.25, 0.3) is 0 Å². The maximum Gasteiger partial charge on any atom is 0.408 e. The number of alkyl carbamates (subject to hydrolysis) is 1. The summed E-state index contributed by atoms with van der Waals surface area (Å²) in [6.07, 6.45) is 5.71. The standard InChI is InChI=1S/C38H46N4O4.C3H8/c1-37(2,3)46-36(44)41-33(29-8-6-5-7-9-29)23-35(43)40-34-25-38(24-30-14-15-31(45-4)22-32(30)34)17-20-42(21-18-38)19-16-27-10-12-28(26-39)13-11-27;1-3-2/h5-15,22,33-34H,16-21,23-25H2,1-4H3,(H,40,43)(H,41,44);3H2,1-2H3/t33-,34?;/m0./s1. The first-order valence-electron chi connectivity index (χ1n) is 17.7. The normalized spacial score (nSPS) is 17.4. The van der Waals surface area contributed by atoms with Gasteiger partial charge in [-0.3, -0.25) is 4.79 Å². The van der Waals surface area contributed by atoms with Crippen LogP contribution in [0.2, 0.25) is 0 Å². The molecule has 262 valence electrons. The zero-order valence-electron chi connectivity index (χ0n) is 30.2. The fourth-order valence-electron chi connectivity index (χ4n) is 6.82. The van der Waals surface area contributed by atoms with E-state index in [0.29, 0.717) is 5.56 Å². The minimum Gasteiger partial charge on any atom is -0.497 e. The van der Waals surface area contributed by atoms with Crippen molar-refractivity contribution in [3.63, 3.8) is 0 Å². The van der Waals surface area contributed by atoms with Crippen LogP contribution in [0.15, 0.2) is 72.8 Å². The molecule has 0 aromatic heterocycles. The molecule has 5 rings (SSSR count). The number of ether oxygens (including phenoxy) is 2. The van der Waals surface area contributed by atoms with Crippen LogP contribution in [-0.4, -0.2) is 49.2 Å². The number of nitriles is 1. The van der Waals surface area contributed by atoms with Gasteiger partial charge in [0, 0.05) is 6.54 Å². The van der Waals surface area contributed by atoms with E-state index in [9.17, 15) is 9.59 Å². The Hall–Kier alpha value is -4.35. The Morgan fingerprint density at radius 3 is 2.31 bits per heavy atom. The number of hydrogen-bond acceptors (Lipinski definition) is 6. The van der Waals surface area contributed by atoms with Crippen LogP contribution in [0, 0.1) is 16.7 Å². The molecule has 3 aromatic rings. The Bertz CT molecular complexity index is 1550. The van der Waals surface area contributed by atoms with Crippen LogP contribution >= 0.6 is 0 Å². The molecule has 3 aromatic carbocycles. The lowest BCUT2D eigenvalue weighted by molar-refractivity contribution is -0.122. The van der Waals surface area contributed by atoms with Crippen molar-refractivity contribution >= 4 is 12.0 Å². The highest BCUT2D eigenvalue weighted by atomic mass is 16.6. The van der Waals surface area contributed by atoms with Gasteiger partial charge in [-0.15, -0.1) is 0 Å². The van der Waals surface area contributed by atoms with E-state index in [4.69, 9.17) is 14.7 Å². The maximum atomic E-state index is 13.7. The summed E-state index contributed by atoms with van der Waals surface area (Å²) in [5, 5.41) is 15.4. The Kier molecular flexibility index (Phi) is 13.3. The van der Waals surface area contributed by atoms with E-state index in [1.165, 1.54) is 17.5 Å². The SMILES string of the molecule is CCC.COc1ccc2c(c1)C(NC(=O)C[C@H](NC(=O)OC(C)(C)C)c1ccccc1)CC1(CCN(CCc3ccc(C#N)cc3)CC1)C2. The lowest BCUT2D eigenvalue weighted by Gasteiger charge is -2.47. The Morgan fingerprint density at radius 2 is 1.69 bits per heavy atom. The van der Waals surface area contributed by atoms with Crippen LogP contribution in [-0.2, 0) is 22.4 Å². The van der Waals surface area contributed by atoms with E-state index >= 15 is 0 Å². The van der Waals surface area contributed by atoms with Gasteiger partial charge < -0.3 is 25.0 Å². The number of benzene rings is 3. The van der Waals surface area contributed by atoms with Crippen molar-refractivity contribution in [1.82, 2.24) is 15.5 Å². The molecule has 0 saturated carbocycles. The van der Waals surface area contributed by atoms with E-state index in [2.05, 4.69) is 59.7 Å². The molecule has 1 saturated heterocycles. The van der Waals surface area contributed by atoms with Crippen molar-refractivity contribution in [2.24, 2.45) is 5.41 Å². The summed E-state index contributed by atoms with van der Waals surface area (Å²) in [6, 6.07) is 25.2. The fourth-order valence-corrected chi connectivity index (χ4v) is 6.82. The van der Waals surface area contributed by atoms with Gasteiger partial charge in [-0.25, -0.2) is 4.79 Å². The van der Waals surface area contributed by atoms with E-state index in [0.717, 1.165) is 68.6 Å². The second-order valence-corrected chi connectivity index (χ2v) is 14.5. The molecule has 0 radical (unpaired) electrons. The summed E-state index contributed by atoms with van der Waals surface area (Å²) >= 11 is 0. The quantitative estimate of drug-likeness (QED) is 0.240. The van der Waals surface area contributed by atoms with E-state index < -0.39 is 17.7 Å². The van der Waals surface area contributed by atoms with Crippen molar-refractivity contribution < 1.29 is 19.1 Å². The van der Waals surface area contributed by atoms with Crippen LogP contribution in [0.3, 0.4) is 0 Å². The first-order chi connectivity index (χ1) is 23.5. The molecule has 8 heteroatoms. The van der Waals surface area contributed by atoms with Crippen LogP contribution < -0.4 is 15.4 Å². The fraction of sp³-hybridized carbons (Fsp3) is 0.488. The predicted molar refractivity (Wildman–Crippen MR) is 194 cm³/mol.